The van der Waals surface area contributed by atoms with Crippen LogP contribution < -0.4 is 4.90 Å². The number of benzene rings is 6. The van der Waals surface area contributed by atoms with Crippen molar-refractivity contribution >= 4 is 38.6 Å². The lowest BCUT2D eigenvalue weighted by Gasteiger charge is -2.30. The summed E-state index contributed by atoms with van der Waals surface area (Å²) in [7, 11) is 0. The van der Waals surface area contributed by atoms with Crippen molar-refractivity contribution in [2.24, 2.45) is 0 Å². The van der Waals surface area contributed by atoms with Crippen LogP contribution in [-0.4, -0.2) is 0 Å². The van der Waals surface area contributed by atoms with Gasteiger partial charge in [-0.25, -0.2) is 0 Å². The van der Waals surface area contributed by atoms with Crippen molar-refractivity contribution in [1.29, 1.82) is 0 Å². The summed E-state index contributed by atoms with van der Waals surface area (Å²) in [6.45, 7) is 4.57. The Morgan fingerprint density at radius 1 is 0.541 bits per heavy atom. The molecule has 0 spiro atoms. The van der Waals surface area contributed by atoms with Crippen LogP contribution in [0.15, 0.2) is 133 Å². The topological polar surface area (TPSA) is 3.24 Å². The largest absolute Gasteiger partial charge is 0.309 e. The monoisotopic (exact) mass is 477 g/mol. The molecule has 1 nitrogen and oxygen atoms in total. The molecule has 6 aromatic carbocycles. The van der Waals surface area contributed by atoms with Crippen LogP contribution in [0.3, 0.4) is 0 Å². The second-order valence-corrected chi connectivity index (χ2v) is 9.76. The Hall–Kier alpha value is -4.36. The number of hydrogen-bond donors (Lipinski definition) is 0. The zero-order chi connectivity index (χ0) is 25.2. The van der Waals surface area contributed by atoms with Gasteiger partial charge in [-0.1, -0.05) is 123 Å². The number of hydrogen-bond acceptors (Lipinski definition) is 1. The summed E-state index contributed by atoms with van der Waals surface area (Å²) in [5.41, 5.74) is 7.47. The van der Waals surface area contributed by atoms with E-state index < -0.39 is 0 Å². The minimum absolute atomic E-state index is 0.506. The van der Waals surface area contributed by atoms with E-state index in [-0.39, 0.29) is 0 Å². The fraction of sp³-hybridized carbons (Fsp3) is 0.111. The molecule has 1 atom stereocenters. The van der Waals surface area contributed by atoms with Crippen LogP contribution in [0.25, 0.3) is 32.7 Å². The number of rotatable bonds is 6. The molecule has 6 rings (SSSR count). The molecule has 0 saturated carbocycles. The van der Waals surface area contributed by atoms with E-state index in [1.165, 1.54) is 49.6 Å². The molecule has 0 aliphatic carbocycles. The third-order valence-corrected chi connectivity index (χ3v) is 7.51. The summed E-state index contributed by atoms with van der Waals surface area (Å²) in [6.07, 6.45) is 1.12. The summed E-state index contributed by atoms with van der Waals surface area (Å²) in [4.78, 5) is 2.45. The summed E-state index contributed by atoms with van der Waals surface area (Å²) in [6, 6.07) is 48.4. The molecule has 0 fully saturated rings. The van der Waals surface area contributed by atoms with Crippen molar-refractivity contribution in [2.75, 3.05) is 4.90 Å². The third-order valence-electron chi connectivity index (χ3n) is 7.51. The Morgan fingerprint density at radius 3 is 1.65 bits per heavy atom. The van der Waals surface area contributed by atoms with Gasteiger partial charge in [0.05, 0.1) is 5.69 Å². The first-order valence-corrected chi connectivity index (χ1v) is 13.2. The predicted molar refractivity (Wildman–Crippen MR) is 160 cm³/mol. The average Bonchev–Trinajstić information content (AvgIpc) is 2.98. The standard InChI is InChI=1S/C36H31N/c1-3-26(2)28-17-14-20-30(25-28)37(29-18-8-5-9-19-29)36-33-23-12-10-21-31(33)35(27-15-6-4-7-16-27)32-22-11-13-24-34(32)36/h4-26H,3H2,1-2H3. The maximum atomic E-state index is 2.45. The van der Waals surface area contributed by atoms with E-state index >= 15 is 0 Å². The highest BCUT2D eigenvalue weighted by Gasteiger charge is 2.22. The number of anilines is 3. The molecule has 6 aromatic rings. The fourth-order valence-corrected chi connectivity index (χ4v) is 5.45. The van der Waals surface area contributed by atoms with Gasteiger partial charge in [-0.05, 0) is 64.1 Å². The van der Waals surface area contributed by atoms with Gasteiger partial charge in [-0.2, -0.15) is 0 Å². The molecule has 0 amide bonds. The molecule has 1 heteroatoms. The highest BCUT2D eigenvalue weighted by Crippen LogP contribution is 2.48. The molecule has 0 heterocycles. The Kier molecular flexibility index (Phi) is 6.20. The minimum atomic E-state index is 0.506. The van der Waals surface area contributed by atoms with Gasteiger partial charge in [-0.3, -0.25) is 0 Å². The summed E-state index contributed by atoms with van der Waals surface area (Å²) in [5, 5.41) is 5.03. The van der Waals surface area contributed by atoms with Gasteiger partial charge in [0.2, 0.25) is 0 Å². The first-order valence-electron chi connectivity index (χ1n) is 13.2. The van der Waals surface area contributed by atoms with E-state index in [0.29, 0.717) is 5.92 Å². The van der Waals surface area contributed by atoms with Crippen molar-refractivity contribution in [3.63, 3.8) is 0 Å². The predicted octanol–water partition coefficient (Wildman–Crippen LogP) is 10.6. The van der Waals surface area contributed by atoms with E-state index in [1.54, 1.807) is 0 Å². The highest BCUT2D eigenvalue weighted by atomic mass is 15.1. The summed E-state index contributed by atoms with van der Waals surface area (Å²) < 4.78 is 0. The van der Waals surface area contributed by atoms with Crippen LogP contribution in [0.4, 0.5) is 17.1 Å². The van der Waals surface area contributed by atoms with Crippen LogP contribution in [0.1, 0.15) is 31.7 Å². The first kappa shape index (κ1) is 23.1. The molecule has 1 unspecified atom stereocenters. The van der Waals surface area contributed by atoms with Gasteiger partial charge in [0.25, 0.3) is 0 Å². The van der Waals surface area contributed by atoms with Crippen LogP contribution in [0.2, 0.25) is 0 Å². The lowest BCUT2D eigenvalue weighted by Crippen LogP contribution is -2.12. The summed E-state index contributed by atoms with van der Waals surface area (Å²) >= 11 is 0. The molecule has 37 heavy (non-hydrogen) atoms. The quantitative estimate of drug-likeness (QED) is 0.216. The highest BCUT2D eigenvalue weighted by molar-refractivity contribution is 6.22. The molecule has 0 aromatic heterocycles. The Balaban J connectivity index is 1.73. The zero-order valence-corrected chi connectivity index (χ0v) is 21.4. The third kappa shape index (κ3) is 4.17. The Morgan fingerprint density at radius 2 is 1.05 bits per heavy atom. The van der Waals surface area contributed by atoms with Crippen LogP contribution in [0, 0.1) is 0 Å². The number of nitrogens with zero attached hydrogens (tertiary/aromatic N) is 1. The Labute approximate surface area is 219 Å². The van der Waals surface area contributed by atoms with E-state index in [4.69, 9.17) is 0 Å². The minimum Gasteiger partial charge on any atom is -0.309 e. The van der Waals surface area contributed by atoms with E-state index in [9.17, 15) is 0 Å². The lowest BCUT2D eigenvalue weighted by molar-refractivity contribution is 0.733. The maximum absolute atomic E-state index is 2.45. The van der Waals surface area contributed by atoms with Crippen LogP contribution in [-0.2, 0) is 0 Å². The molecule has 180 valence electrons. The molecular weight excluding hydrogens is 446 g/mol. The molecule has 0 radical (unpaired) electrons. The van der Waals surface area contributed by atoms with Crippen molar-refractivity contribution in [1.82, 2.24) is 0 Å². The summed E-state index contributed by atoms with van der Waals surface area (Å²) in [5.74, 6) is 0.506. The normalized spacial score (nSPS) is 12.1. The van der Waals surface area contributed by atoms with Gasteiger partial charge in [0.15, 0.2) is 0 Å². The molecular formula is C36H31N. The van der Waals surface area contributed by atoms with Gasteiger partial charge in [0.1, 0.15) is 0 Å². The fourth-order valence-electron chi connectivity index (χ4n) is 5.45. The second-order valence-electron chi connectivity index (χ2n) is 9.76. The molecule has 0 N–H and O–H groups in total. The second kappa shape index (κ2) is 9.95. The smallest absolute Gasteiger partial charge is 0.0618 e. The van der Waals surface area contributed by atoms with Gasteiger partial charge < -0.3 is 4.90 Å². The maximum Gasteiger partial charge on any atom is 0.0618 e. The number of para-hydroxylation sites is 1. The van der Waals surface area contributed by atoms with Crippen LogP contribution in [0.5, 0.6) is 0 Å². The average molecular weight is 478 g/mol. The van der Waals surface area contributed by atoms with Crippen LogP contribution >= 0.6 is 0 Å². The molecule has 0 bridgehead atoms. The molecule has 0 saturated heterocycles. The zero-order valence-electron chi connectivity index (χ0n) is 21.4. The van der Waals surface area contributed by atoms with Gasteiger partial charge in [0, 0.05) is 22.1 Å². The van der Waals surface area contributed by atoms with Gasteiger partial charge in [-0.15, -0.1) is 0 Å². The molecule has 0 aliphatic rings. The SMILES string of the molecule is CCC(C)c1cccc(N(c2ccccc2)c2c3ccccc3c(-c3ccccc3)c3ccccc23)c1. The van der Waals surface area contributed by atoms with Crippen molar-refractivity contribution in [3.05, 3.63) is 139 Å². The molecule has 0 aliphatic heterocycles. The van der Waals surface area contributed by atoms with Gasteiger partial charge >= 0.3 is 0 Å². The lowest BCUT2D eigenvalue weighted by atomic mass is 9.89. The number of fused-ring (bicyclic) bond motifs is 2. The van der Waals surface area contributed by atoms with Crippen molar-refractivity contribution < 1.29 is 0 Å². The van der Waals surface area contributed by atoms with E-state index in [1.807, 2.05) is 0 Å². The first-order chi connectivity index (χ1) is 18.3. The van der Waals surface area contributed by atoms with Crippen molar-refractivity contribution in [3.8, 4) is 11.1 Å². The van der Waals surface area contributed by atoms with Crippen molar-refractivity contribution in [2.45, 2.75) is 26.2 Å². The van der Waals surface area contributed by atoms with E-state index in [2.05, 4.69) is 152 Å². The Bertz CT molecular complexity index is 1610. The van der Waals surface area contributed by atoms with E-state index in [0.717, 1.165) is 12.1 Å².